The number of aliphatic hydroxyl groups excluding tert-OH is 1. The minimum absolute atomic E-state index is 0.0337. The summed E-state index contributed by atoms with van der Waals surface area (Å²) >= 11 is 5.87. The lowest BCUT2D eigenvalue weighted by molar-refractivity contribution is 0.177. The summed E-state index contributed by atoms with van der Waals surface area (Å²) in [6.45, 7) is 3.03. The highest BCUT2D eigenvalue weighted by molar-refractivity contribution is 6.30. The number of fused-ring (bicyclic) bond motifs is 1. The molecule has 2 aliphatic heterocycles. The molecule has 0 radical (unpaired) electrons. The minimum Gasteiger partial charge on any atom is -0.411 e. The van der Waals surface area contributed by atoms with Crippen LogP contribution in [0.15, 0.2) is 40.6 Å². The van der Waals surface area contributed by atoms with Gasteiger partial charge in [-0.2, -0.15) is 0 Å². The quantitative estimate of drug-likeness (QED) is 0.371. The molecular weight excluding hydrogens is 409 g/mol. The summed E-state index contributed by atoms with van der Waals surface area (Å²) in [6, 6.07) is 6.25. The second-order valence-corrected chi connectivity index (χ2v) is 7.94. The van der Waals surface area contributed by atoms with Crippen LogP contribution >= 0.6 is 11.6 Å². The van der Waals surface area contributed by atoms with E-state index in [2.05, 4.69) is 25.3 Å². The van der Waals surface area contributed by atoms with Gasteiger partial charge in [0, 0.05) is 49.8 Å². The Morgan fingerprint density at radius 3 is 2.97 bits per heavy atom. The lowest BCUT2D eigenvalue weighted by Gasteiger charge is -2.12. The largest absolute Gasteiger partial charge is 0.411 e. The van der Waals surface area contributed by atoms with Crippen molar-refractivity contribution in [2.45, 2.75) is 25.4 Å². The smallest absolute Gasteiger partial charge is 0.141 e. The van der Waals surface area contributed by atoms with Gasteiger partial charge in [0.15, 0.2) is 0 Å². The van der Waals surface area contributed by atoms with Crippen LogP contribution in [0.3, 0.4) is 0 Å². The van der Waals surface area contributed by atoms with Crippen LogP contribution in [0.5, 0.6) is 0 Å². The second-order valence-electron chi connectivity index (χ2n) is 7.53. The Kier molecular flexibility index (Phi) is 6.26. The van der Waals surface area contributed by atoms with Gasteiger partial charge in [-0.1, -0.05) is 22.8 Å². The maximum absolute atomic E-state index is 13.4. The highest BCUT2D eigenvalue weighted by Crippen LogP contribution is 2.26. The van der Waals surface area contributed by atoms with Crippen LogP contribution in [0, 0.1) is 5.82 Å². The zero-order valence-electron chi connectivity index (χ0n) is 16.4. The SMILES string of the molecule is O/N=C(\Cc1ccc(F)c(Cl)c1)c1ccnc2c1CC(=NCCN1CC[C@H](O)C1)N2. The normalized spacial score (nSPS) is 20.6. The molecule has 0 spiro atoms. The first kappa shape index (κ1) is 20.7. The fourth-order valence-electron chi connectivity index (χ4n) is 3.86. The molecule has 7 nitrogen and oxygen atoms in total. The van der Waals surface area contributed by atoms with E-state index in [4.69, 9.17) is 11.6 Å². The summed E-state index contributed by atoms with van der Waals surface area (Å²) in [5.41, 5.74) is 2.87. The number of nitrogens with one attached hydrogen (secondary N) is 1. The predicted molar refractivity (Wildman–Crippen MR) is 114 cm³/mol. The lowest BCUT2D eigenvalue weighted by Crippen LogP contribution is -2.25. The number of aliphatic imine (C=N–C) groups is 1. The summed E-state index contributed by atoms with van der Waals surface area (Å²) in [5, 5.41) is 26.0. The number of nitrogens with zero attached hydrogens (tertiary/aromatic N) is 4. The number of halogens is 2. The number of anilines is 1. The van der Waals surface area contributed by atoms with Gasteiger partial charge in [-0.15, -0.1) is 0 Å². The third kappa shape index (κ3) is 4.61. The predicted octanol–water partition coefficient (Wildman–Crippen LogP) is 2.73. The van der Waals surface area contributed by atoms with Gasteiger partial charge in [-0.05, 0) is 30.2 Å². The molecule has 4 rings (SSSR count). The molecule has 3 heterocycles. The standard InChI is InChI=1S/C21H23ClFN5O2/c22-17-9-13(1-2-18(17)23)10-19(27-30)15-3-5-25-21-16(15)11-20(26-21)24-6-8-28-7-4-14(29)12-28/h1-3,5,9,14,29-30H,4,6-8,10-12H2,(H,24,25,26)/b27-19+/t14-/m0/s1. The van der Waals surface area contributed by atoms with Gasteiger partial charge in [-0.3, -0.25) is 9.89 Å². The van der Waals surface area contributed by atoms with E-state index in [-0.39, 0.29) is 11.1 Å². The van der Waals surface area contributed by atoms with Crippen molar-refractivity contribution < 1.29 is 14.7 Å². The van der Waals surface area contributed by atoms with E-state index >= 15 is 0 Å². The number of pyridine rings is 1. The molecule has 2 aromatic rings. The molecule has 1 aromatic heterocycles. The molecule has 1 atom stereocenters. The molecule has 1 saturated heterocycles. The molecule has 2 aliphatic rings. The number of hydrogen-bond acceptors (Lipinski definition) is 6. The van der Waals surface area contributed by atoms with Gasteiger partial charge >= 0.3 is 0 Å². The Morgan fingerprint density at radius 1 is 1.37 bits per heavy atom. The molecule has 0 bridgehead atoms. The topological polar surface area (TPSA) is 93.3 Å². The number of aromatic nitrogens is 1. The van der Waals surface area contributed by atoms with Crippen molar-refractivity contribution in [2.24, 2.45) is 10.1 Å². The Labute approximate surface area is 178 Å². The van der Waals surface area contributed by atoms with Gasteiger partial charge in [0.05, 0.1) is 23.4 Å². The summed E-state index contributed by atoms with van der Waals surface area (Å²) < 4.78 is 13.4. The summed E-state index contributed by atoms with van der Waals surface area (Å²) in [5.74, 6) is 1.02. The summed E-state index contributed by atoms with van der Waals surface area (Å²) in [6.07, 6.45) is 3.10. The van der Waals surface area contributed by atoms with Crippen molar-refractivity contribution in [1.82, 2.24) is 9.88 Å². The summed E-state index contributed by atoms with van der Waals surface area (Å²) in [7, 11) is 0. The number of rotatable bonds is 6. The number of likely N-dealkylation sites (tertiary alicyclic amines) is 1. The maximum Gasteiger partial charge on any atom is 0.141 e. The van der Waals surface area contributed by atoms with E-state index < -0.39 is 5.82 Å². The third-order valence-corrected chi connectivity index (χ3v) is 5.71. The average Bonchev–Trinajstić information content (AvgIpc) is 3.34. The lowest BCUT2D eigenvalue weighted by atomic mass is 9.98. The van der Waals surface area contributed by atoms with Crippen molar-refractivity contribution in [3.05, 3.63) is 58.0 Å². The van der Waals surface area contributed by atoms with Crippen LogP contribution in [0.4, 0.5) is 10.2 Å². The van der Waals surface area contributed by atoms with Crippen LogP contribution in [0.1, 0.15) is 23.1 Å². The number of aliphatic hydroxyl groups is 1. The van der Waals surface area contributed by atoms with Crippen LogP contribution in [-0.2, 0) is 12.8 Å². The van der Waals surface area contributed by atoms with Crippen molar-refractivity contribution in [1.29, 1.82) is 0 Å². The molecule has 9 heteroatoms. The van der Waals surface area contributed by atoms with E-state index in [1.807, 2.05) is 0 Å². The summed E-state index contributed by atoms with van der Waals surface area (Å²) in [4.78, 5) is 11.2. The Bertz CT molecular complexity index is 997. The van der Waals surface area contributed by atoms with Crippen molar-refractivity contribution >= 4 is 29.0 Å². The fraction of sp³-hybridized carbons (Fsp3) is 0.381. The first-order chi connectivity index (χ1) is 14.5. The van der Waals surface area contributed by atoms with E-state index in [1.54, 1.807) is 18.3 Å². The average molecular weight is 432 g/mol. The third-order valence-electron chi connectivity index (χ3n) is 5.42. The zero-order valence-corrected chi connectivity index (χ0v) is 17.1. The number of amidine groups is 1. The van der Waals surface area contributed by atoms with Gasteiger partial charge in [0.2, 0.25) is 0 Å². The highest BCUT2D eigenvalue weighted by Gasteiger charge is 2.24. The number of hydrogen-bond donors (Lipinski definition) is 3. The van der Waals surface area contributed by atoms with Crippen LogP contribution in [-0.4, -0.2) is 64.0 Å². The van der Waals surface area contributed by atoms with Gasteiger partial charge in [-0.25, -0.2) is 9.37 Å². The Hall–Kier alpha value is -2.55. The van der Waals surface area contributed by atoms with Crippen molar-refractivity contribution in [3.63, 3.8) is 0 Å². The van der Waals surface area contributed by atoms with Crippen molar-refractivity contribution in [3.8, 4) is 0 Å². The monoisotopic (exact) mass is 431 g/mol. The zero-order chi connectivity index (χ0) is 21.1. The van der Waals surface area contributed by atoms with Gasteiger partial charge in [0.25, 0.3) is 0 Å². The van der Waals surface area contributed by atoms with Crippen LogP contribution in [0.2, 0.25) is 5.02 Å². The minimum atomic E-state index is -0.485. The molecule has 1 aromatic carbocycles. The van der Waals surface area contributed by atoms with Gasteiger partial charge < -0.3 is 15.6 Å². The fourth-order valence-corrected chi connectivity index (χ4v) is 4.07. The molecule has 0 aliphatic carbocycles. The molecule has 158 valence electrons. The molecule has 3 N–H and O–H groups in total. The number of β-amino-alcohol motifs (C(OH)–C–C–N with tert-alkyl or cyclic N) is 1. The molecule has 0 saturated carbocycles. The number of benzene rings is 1. The van der Waals surface area contributed by atoms with Crippen LogP contribution < -0.4 is 5.32 Å². The number of oxime groups is 1. The molecule has 1 fully saturated rings. The first-order valence-electron chi connectivity index (χ1n) is 9.87. The molecule has 30 heavy (non-hydrogen) atoms. The van der Waals surface area contributed by atoms with E-state index in [0.29, 0.717) is 37.5 Å². The molecule has 0 amide bonds. The maximum atomic E-state index is 13.4. The van der Waals surface area contributed by atoms with Crippen molar-refractivity contribution in [2.75, 3.05) is 31.5 Å². The van der Waals surface area contributed by atoms with E-state index in [0.717, 1.165) is 42.0 Å². The first-order valence-corrected chi connectivity index (χ1v) is 10.2. The van der Waals surface area contributed by atoms with Gasteiger partial charge in [0.1, 0.15) is 17.5 Å². The Balaban J connectivity index is 1.46. The Morgan fingerprint density at radius 2 is 2.23 bits per heavy atom. The van der Waals surface area contributed by atoms with E-state index in [1.165, 1.54) is 12.1 Å². The molecular formula is C21H23ClFN5O2. The molecule has 0 unspecified atom stereocenters. The second kappa shape index (κ2) is 9.07. The van der Waals surface area contributed by atoms with Crippen LogP contribution in [0.25, 0.3) is 0 Å². The van der Waals surface area contributed by atoms with E-state index in [9.17, 15) is 14.7 Å². The highest BCUT2D eigenvalue weighted by atomic mass is 35.5.